The Morgan fingerprint density at radius 3 is 2.94 bits per heavy atom. The number of carbonyl (C=O) groups is 1. The number of hydrogen-bond donors (Lipinski definition) is 2. The maximum atomic E-state index is 11.8. The number of amides is 1. The molecule has 0 aliphatic carbocycles. The van der Waals surface area contributed by atoms with Gasteiger partial charge in [-0.05, 0) is 31.9 Å². The highest BCUT2D eigenvalue weighted by Gasteiger charge is 2.25. The monoisotopic (exact) mass is 248 g/mol. The molecule has 98 valence electrons. The smallest absolute Gasteiger partial charge is 0.239 e. The van der Waals surface area contributed by atoms with Crippen molar-refractivity contribution >= 4 is 5.91 Å². The molecule has 0 aromatic heterocycles. The van der Waals surface area contributed by atoms with E-state index in [9.17, 15) is 4.79 Å². The Kier molecular flexibility index (Phi) is 3.57. The van der Waals surface area contributed by atoms with Crippen LogP contribution < -0.4 is 15.8 Å². The van der Waals surface area contributed by atoms with Crippen molar-refractivity contribution in [3.63, 3.8) is 0 Å². The summed E-state index contributed by atoms with van der Waals surface area (Å²) in [5.41, 5.74) is 6.09. The molecule has 1 unspecified atom stereocenters. The van der Waals surface area contributed by atoms with E-state index in [1.807, 2.05) is 18.2 Å². The third-order valence-electron chi connectivity index (χ3n) is 3.18. The molecule has 0 saturated carbocycles. The van der Waals surface area contributed by atoms with Crippen LogP contribution in [0.15, 0.2) is 24.3 Å². The Hall–Kier alpha value is -1.55. The zero-order valence-electron chi connectivity index (χ0n) is 10.9. The Bertz CT molecular complexity index is 438. The van der Waals surface area contributed by atoms with E-state index in [2.05, 4.69) is 11.4 Å². The second-order valence-corrected chi connectivity index (χ2v) is 5.30. The minimum Gasteiger partial charge on any atom is -0.493 e. The maximum Gasteiger partial charge on any atom is 0.239 e. The lowest BCUT2D eigenvalue weighted by Gasteiger charge is -2.27. The quantitative estimate of drug-likeness (QED) is 0.850. The zero-order chi connectivity index (χ0) is 13.2. The van der Waals surface area contributed by atoms with E-state index in [0.29, 0.717) is 19.1 Å². The lowest BCUT2D eigenvalue weighted by molar-refractivity contribution is -0.125. The van der Waals surface area contributed by atoms with Gasteiger partial charge in [0.25, 0.3) is 0 Å². The van der Waals surface area contributed by atoms with Gasteiger partial charge < -0.3 is 15.8 Å². The topological polar surface area (TPSA) is 64.4 Å². The highest BCUT2D eigenvalue weighted by atomic mass is 16.5. The number of nitrogens with two attached hydrogens (primary N) is 1. The van der Waals surface area contributed by atoms with Crippen LogP contribution in [0.2, 0.25) is 0 Å². The lowest BCUT2D eigenvalue weighted by Crippen LogP contribution is -2.50. The highest BCUT2D eigenvalue weighted by molar-refractivity contribution is 5.85. The van der Waals surface area contributed by atoms with Crippen molar-refractivity contribution in [3.8, 4) is 5.75 Å². The van der Waals surface area contributed by atoms with E-state index in [1.54, 1.807) is 13.8 Å². The first-order valence-electron chi connectivity index (χ1n) is 6.27. The average Bonchev–Trinajstić information content (AvgIpc) is 2.34. The number of fused-ring (bicyclic) bond motifs is 1. The van der Waals surface area contributed by atoms with E-state index in [0.717, 1.165) is 12.2 Å². The van der Waals surface area contributed by atoms with Gasteiger partial charge in [0.05, 0.1) is 12.1 Å². The summed E-state index contributed by atoms with van der Waals surface area (Å²) in [6.07, 6.45) is 0.919. The number of benzene rings is 1. The predicted octanol–water partition coefficient (Wildman–Crippen LogP) is 1.41. The van der Waals surface area contributed by atoms with E-state index in [-0.39, 0.29) is 5.91 Å². The molecule has 1 atom stereocenters. The van der Waals surface area contributed by atoms with E-state index < -0.39 is 5.54 Å². The molecule has 1 aliphatic heterocycles. The van der Waals surface area contributed by atoms with Gasteiger partial charge in [-0.1, -0.05) is 18.2 Å². The minimum atomic E-state index is -0.829. The maximum absolute atomic E-state index is 11.8. The highest BCUT2D eigenvalue weighted by Crippen LogP contribution is 2.32. The van der Waals surface area contributed by atoms with Crippen LogP contribution in [0, 0.1) is 0 Å². The fourth-order valence-corrected chi connectivity index (χ4v) is 2.07. The summed E-state index contributed by atoms with van der Waals surface area (Å²) in [7, 11) is 0. The van der Waals surface area contributed by atoms with Crippen LogP contribution in [-0.4, -0.2) is 24.6 Å². The van der Waals surface area contributed by atoms with Gasteiger partial charge in [-0.3, -0.25) is 4.79 Å². The summed E-state index contributed by atoms with van der Waals surface area (Å²) in [6, 6.07) is 7.98. The molecular formula is C14H20N2O2. The Balaban J connectivity index is 2.02. The van der Waals surface area contributed by atoms with Crippen LogP contribution in [0.1, 0.15) is 31.7 Å². The average molecular weight is 248 g/mol. The normalized spacial score (nSPS) is 18.7. The van der Waals surface area contributed by atoms with Crippen molar-refractivity contribution in [1.82, 2.24) is 5.32 Å². The first-order chi connectivity index (χ1) is 8.48. The number of hydrogen-bond acceptors (Lipinski definition) is 3. The number of ether oxygens (including phenoxy) is 1. The second kappa shape index (κ2) is 4.98. The molecule has 1 aromatic carbocycles. The summed E-state index contributed by atoms with van der Waals surface area (Å²) >= 11 is 0. The van der Waals surface area contributed by atoms with Crippen LogP contribution >= 0.6 is 0 Å². The van der Waals surface area contributed by atoms with Crippen molar-refractivity contribution in [2.75, 3.05) is 13.2 Å². The standard InChI is InChI=1S/C14H20N2O2/c1-14(2,15)13(17)16-9-10-7-8-18-12-6-4-3-5-11(10)12/h3-6,10H,7-9,15H2,1-2H3,(H,16,17). The van der Waals surface area contributed by atoms with Gasteiger partial charge in [0.2, 0.25) is 5.91 Å². The van der Waals surface area contributed by atoms with Gasteiger partial charge in [0, 0.05) is 12.5 Å². The Morgan fingerprint density at radius 1 is 1.50 bits per heavy atom. The molecule has 3 N–H and O–H groups in total. The van der Waals surface area contributed by atoms with Gasteiger partial charge in [-0.25, -0.2) is 0 Å². The van der Waals surface area contributed by atoms with Crippen molar-refractivity contribution in [3.05, 3.63) is 29.8 Å². The molecule has 0 fully saturated rings. The van der Waals surface area contributed by atoms with Gasteiger partial charge in [-0.15, -0.1) is 0 Å². The van der Waals surface area contributed by atoms with E-state index in [4.69, 9.17) is 10.5 Å². The number of carbonyl (C=O) groups excluding carboxylic acids is 1. The minimum absolute atomic E-state index is 0.119. The van der Waals surface area contributed by atoms with Crippen LogP contribution in [0.25, 0.3) is 0 Å². The number of rotatable bonds is 3. The van der Waals surface area contributed by atoms with Crippen molar-refractivity contribution in [2.24, 2.45) is 5.73 Å². The van der Waals surface area contributed by atoms with Crippen molar-refractivity contribution in [1.29, 1.82) is 0 Å². The Morgan fingerprint density at radius 2 is 2.22 bits per heavy atom. The predicted molar refractivity (Wildman–Crippen MR) is 70.6 cm³/mol. The fourth-order valence-electron chi connectivity index (χ4n) is 2.07. The van der Waals surface area contributed by atoms with Crippen LogP contribution in [0.3, 0.4) is 0 Å². The fraction of sp³-hybridized carbons (Fsp3) is 0.500. The molecule has 18 heavy (non-hydrogen) atoms. The molecule has 1 heterocycles. The SMILES string of the molecule is CC(C)(N)C(=O)NCC1CCOc2ccccc21. The van der Waals surface area contributed by atoms with Crippen LogP contribution in [0.5, 0.6) is 5.75 Å². The molecule has 1 aliphatic rings. The van der Waals surface area contributed by atoms with Gasteiger partial charge in [-0.2, -0.15) is 0 Å². The molecule has 0 saturated heterocycles. The van der Waals surface area contributed by atoms with E-state index in [1.165, 1.54) is 5.56 Å². The van der Waals surface area contributed by atoms with Gasteiger partial charge >= 0.3 is 0 Å². The van der Waals surface area contributed by atoms with Crippen LogP contribution in [0.4, 0.5) is 0 Å². The van der Waals surface area contributed by atoms with Crippen molar-refractivity contribution < 1.29 is 9.53 Å². The third-order valence-corrected chi connectivity index (χ3v) is 3.18. The van der Waals surface area contributed by atoms with Gasteiger partial charge in [0.1, 0.15) is 5.75 Å². The molecule has 4 nitrogen and oxygen atoms in total. The molecule has 0 spiro atoms. The number of nitrogens with one attached hydrogen (secondary N) is 1. The summed E-state index contributed by atoms with van der Waals surface area (Å²) in [5.74, 6) is 1.11. The molecular weight excluding hydrogens is 228 g/mol. The Labute approximate surface area is 108 Å². The summed E-state index contributed by atoms with van der Waals surface area (Å²) < 4.78 is 5.59. The largest absolute Gasteiger partial charge is 0.493 e. The summed E-state index contributed by atoms with van der Waals surface area (Å²) in [5, 5.41) is 2.91. The molecule has 2 rings (SSSR count). The second-order valence-electron chi connectivity index (χ2n) is 5.30. The number of para-hydroxylation sites is 1. The van der Waals surface area contributed by atoms with E-state index >= 15 is 0 Å². The van der Waals surface area contributed by atoms with Crippen molar-refractivity contribution in [2.45, 2.75) is 31.7 Å². The molecule has 0 radical (unpaired) electrons. The molecule has 1 amide bonds. The summed E-state index contributed by atoms with van der Waals surface area (Å²) in [4.78, 5) is 11.8. The first-order valence-corrected chi connectivity index (χ1v) is 6.27. The van der Waals surface area contributed by atoms with Gasteiger partial charge in [0.15, 0.2) is 0 Å². The third kappa shape index (κ3) is 2.82. The molecule has 1 aromatic rings. The lowest BCUT2D eigenvalue weighted by atomic mass is 9.93. The van der Waals surface area contributed by atoms with Crippen LogP contribution in [-0.2, 0) is 4.79 Å². The summed E-state index contributed by atoms with van der Waals surface area (Å²) in [6.45, 7) is 4.73. The first kappa shape index (κ1) is 12.9. The molecule has 0 bridgehead atoms. The zero-order valence-corrected chi connectivity index (χ0v) is 10.9. The molecule has 4 heteroatoms.